The minimum absolute atomic E-state index is 0.00414. The van der Waals surface area contributed by atoms with Gasteiger partial charge in [-0.2, -0.15) is 5.26 Å². The lowest BCUT2D eigenvalue weighted by Crippen LogP contribution is -2.42. The van der Waals surface area contributed by atoms with Crippen molar-refractivity contribution in [2.75, 3.05) is 32.8 Å². The quantitative estimate of drug-likeness (QED) is 0.0315. The Morgan fingerprint density at radius 1 is 0.877 bits per heavy atom. The fourth-order valence-corrected chi connectivity index (χ4v) is 9.80. The zero-order chi connectivity index (χ0) is 45.9. The Balaban J connectivity index is 1.34. The van der Waals surface area contributed by atoms with Gasteiger partial charge in [-0.25, -0.2) is 19.6 Å². The number of imidazole rings is 1. The standard InChI is InChI=1S/C49H54N7O8P/c1-8-60-44-43(64-65(62-29-15-28-50)56(33(2)3)34(4)5)41(63-48(44)55-32-53-42-45(51-31-52-46(42)55)54-47(57)35-16-11-9-12-17-35)30-61-49(36-18-13-10-14-19-36,37-20-24-39(58-6)25-21-37)38-22-26-40(59-7)27-23-38/h8-14,16-27,31-34,41,43-44,48H,1,15,29-30H2,2-7H3,(H,51,52,54,57)/t41-,43-,44-,48-,65?/m1/s1. The van der Waals surface area contributed by atoms with Crippen LogP contribution in [0.25, 0.3) is 11.2 Å². The van der Waals surface area contributed by atoms with Crippen molar-refractivity contribution in [3.63, 3.8) is 0 Å². The highest BCUT2D eigenvalue weighted by Gasteiger charge is 2.52. The molecule has 6 aromatic rings. The molecule has 1 aliphatic rings. The Bertz CT molecular complexity index is 2460. The van der Waals surface area contributed by atoms with Gasteiger partial charge in [0.15, 0.2) is 29.3 Å². The summed E-state index contributed by atoms with van der Waals surface area (Å²) in [5.74, 6) is 1.25. The number of rotatable bonds is 21. The molecular weight excluding hydrogens is 846 g/mol. The van der Waals surface area contributed by atoms with Crippen LogP contribution in [0.15, 0.2) is 135 Å². The van der Waals surface area contributed by atoms with Crippen molar-refractivity contribution in [3.05, 3.63) is 157 Å². The third-order valence-electron chi connectivity index (χ3n) is 11.0. The molecule has 65 heavy (non-hydrogen) atoms. The van der Waals surface area contributed by atoms with Gasteiger partial charge in [0, 0.05) is 17.6 Å². The molecule has 1 amide bonds. The van der Waals surface area contributed by atoms with Crippen LogP contribution in [0.4, 0.5) is 5.82 Å². The monoisotopic (exact) mass is 899 g/mol. The summed E-state index contributed by atoms with van der Waals surface area (Å²) < 4.78 is 49.5. The maximum atomic E-state index is 13.3. The molecule has 0 bridgehead atoms. The van der Waals surface area contributed by atoms with E-state index in [-0.39, 0.29) is 43.4 Å². The number of nitriles is 1. The average Bonchev–Trinajstić information content (AvgIpc) is 3.91. The molecule has 2 aromatic heterocycles. The molecule has 5 atom stereocenters. The molecule has 1 aliphatic heterocycles. The molecule has 16 heteroatoms. The summed E-state index contributed by atoms with van der Waals surface area (Å²) in [6.45, 7) is 12.3. The number of nitrogens with one attached hydrogen (secondary N) is 1. The van der Waals surface area contributed by atoms with Crippen LogP contribution in [-0.2, 0) is 28.9 Å². The first-order valence-electron chi connectivity index (χ1n) is 21.3. The second kappa shape index (κ2) is 21.6. The van der Waals surface area contributed by atoms with Gasteiger partial charge in [-0.15, -0.1) is 0 Å². The van der Waals surface area contributed by atoms with Gasteiger partial charge in [0.1, 0.15) is 35.6 Å². The van der Waals surface area contributed by atoms with E-state index in [1.54, 1.807) is 49.4 Å². The van der Waals surface area contributed by atoms with Crippen LogP contribution in [0, 0.1) is 11.3 Å². The molecule has 338 valence electrons. The smallest absolute Gasteiger partial charge is 0.259 e. The number of fused-ring (bicyclic) bond motifs is 1. The minimum Gasteiger partial charge on any atom is -0.497 e. The van der Waals surface area contributed by atoms with Crippen molar-refractivity contribution >= 4 is 31.4 Å². The van der Waals surface area contributed by atoms with E-state index in [0.717, 1.165) is 16.7 Å². The highest BCUT2D eigenvalue weighted by Crippen LogP contribution is 2.51. The third kappa shape index (κ3) is 10.2. The fraction of sp³-hybridized carbons (Fsp3) is 0.327. The lowest BCUT2D eigenvalue weighted by molar-refractivity contribution is -0.0930. The normalized spacial score (nSPS) is 17.8. The minimum atomic E-state index is -1.81. The average molecular weight is 900 g/mol. The summed E-state index contributed by atoms with van der Waals surface area (Å²) in [6.07, 6.45) is 0.986. The van der Waals surface area contributed by atoms with Crippen LogP contribution in [0.3, 0.4) is 0 Å². The Kier molecular flexibility index (Phi) is 15.6. The van der Waals surface area contributed by atoms with Crippen molar-refractivity contribution in [3.8, 4) is 17.6 Å². The number of carbonyl (C=O) groups is 1. The lowest BCUT2D eigenvalue weighted by atomic mass is 9.80. The van der Waals surface area contributed by atoms with Crippen molar-refractivity contribution in [2.45, 2.75) is 76.3 Å². The lowest BCUT2D eigenvalue weighted by Gasteiger charge is -2.39. The van der Waals surface area contributed by atoms with E-state index in [0.29, 0.717) is 28.2 Å². The molecule has 4 aromatic carbocycles. The molecule has 0 saturated carbocycles. The maximum Gasteiger partial charge on any atom is 0.259 e. The van der Waals surface area contributed by atoms with Crippen LogP contribution in [0.5, 0.6) is 11.5 Å². The molecule has 7 rings (SSSR count). The van der Waals surface area contributed by atoms with E-state index in [9.17, 15) is 10.1 Å². The van der Waals surface area contributed by atoms with Gasteiger partial charge in [0.25, 0.3) is 14.4 Å². The first-order chi connectivity index (χ1) is 31.6. The number of anilines is 1. The summed E-state index contributed by atoms with van der Waals surface area (Å²) in [7, 11) is 1.45. The van der Waals surface area contributed by atoms with Crippen LogP contribution in [0.1, 0.15) is 67.4 Å². The van der Waals surface area contributed by atoms with Crippen molar-refractivity contribution in [1.82, 2.24) is 24.2 Å². The first kappa shape index (κ1) is 46.7. The summed E-state index contributed by atoms with van der Waals surface area (Å²) in [5.41, 5.74) is 2.49. The Morgan fingerprint density at radius 2 is 1.48 bits per heavy atom. The number of amides is 1. The predicted octanol–water partition coefficient (Wildman–Crippen LogP) is 9.19. The zero-order valence-corrected chi connectivity index (χ0v) is 38.2. The van der Waals surface area contributed by atoms with Gasteiger partial charge < -0.3 is 38.0 Å². The number of methoxy groups -OCH3 is 2. The first-order valence-corrected chi connectivity index (χ1v) is 22.5. The van der Waals surface area contributed by atoms with Crippen molar-refractivity contribution in [1.29, 1.82) is 5.26 Å². The van der Waals surface area contributed by atoms with Crippen LogP contribution in [-0.4, -0.2) is 87.9 Å². The van der Waals surface area contributed by atoms with Gasteiger partial charge in [-0.1, -0.05) is 79.4 Å². The van der Waals surface area contributed by atoms with E-state index in [2.05, 4.69) is 65.3 Å². The highest BCUT2D eigenvalue weighted by atomic mass is 31.2. The molecule has 0 radical (unpaired) electrons. The number of hydrogen-bond acceptors (Lipinski definition) is 13. The van der Waals surface area contributed by atoms with Crippen LogP contribution >= 0.6 is 8.53 Å². The van der Waals surface area contributed by atoms with E-state index in [4.69, 9.17) is 32.7 Å². The third-order valence-corrected chi connectivity index (χ3v) is 13.1. The largest absolute Gasteiger partial charge is 0.497 e. The van der Waals surface area contributed by atoms with E-state index < -0.39 is 38.7 Å². The molecule has 15 nitrogen and oxygen atoms in total. The molecule has 1 fully saturated rings. The van der Waals surface area contributed by atoms with E-state index in [1.165, 1.54) is 12.6 Å². The molecule has 1 N–H and O–H groups in total. The second-order valence-electron chi connectivity index (χ2n) is 15.6. The predicted molar refractivity (Wildman–Crippen MR) is 247 cm³/mol. The van der Waals surface area contributed by atoms with Gasteiger partial charge in [0.05, 0.1) is 52.5 Å². The molecule has 1 saturated heterocycles. The van der Waals surface area contributed by atoms with E-state index in [1.807, 2.05) is 84.9 Å². The summed E-state index contributed by atoms with van der Waals surface area (Å²) in [5, 5.41) is 12.4. The summed E-state index contributed by atoms with van der Waals surface area (Å²) in [6, 6.07) is 36.6. The van der Waals surface area contributed by atoms with Crippen LogP contribution in [0.2, 0.25) is 0 Å². The summed E-state index contributed by atoms with van der Waals surface area (Å²) in [4.78, 5) is 27.0. The molecular formula is C49H54N7O8P. The Morgan fingerprint density at radius 3 is 2.05 bits per heavy atom. The Labute approximate surface area is 380 Å². The Hall–Kier alpha value is -6.24. The number of carbonyl (C=O) groups excluding carboxylic acids is 1. The summed E-state index contributed by atoms with van der Waals surface area (Å²) >= 11 is 0. The molecule has 3 heterocycles. The number of nitrogens with zero attached hydrogens (tertiary/aromatic N) is 6. The van der Waals surface area contributed by atoms with Gasteiger partial charge in [-0.3, -0.25) is 9.36 Å². The zero-order valence-electron chi connectivity index (χ0n) is 37.3. The SMILES string of the molecule is C=CO[C@@H]1[C@H](OP(OCCC#N)N(C(C)C)C(C)C)[C@@H](COC(c2ccccc2)(c2ccc(OC)cc2)c2ccc(OC)cc2)O[C@H]1n1cnc2c(NC(=O)c3ccccc3)ncnc21. The topological polar surface area (TPSA) is 164 Å². The molecule has 1 unspecified atom stereocenters. The second-order valence-corrected chi connectivity index (χ2v) is 17.0. The van der Waals surface area contributed by atoms with Crippen LogP contribution < -0.4 is 14.8 Å². The number of benzene rings is 4. The van der Waals surface area contributed by atoms with Crippen molar-refractivity contribution in [2.24, 2.45) is 0 Å². The van der Waals surface area contributed by atoms with Gasteiger partial charge >= 0.3 is 0 Å². The number of hydrogen-bond donors (Lipinski definition) is 1. The maximum absolute atomic E-state index is 13.3. The fourth-order valence-electron chi connectivity index (χ4n) is 8.03. The number of ether oxygens (including phenoxy) is 5. The van der Waals surface area contributed by atoms with Gasteiger partial charge in [0.2, 0.25) is 0 Å². The van der Waals surface area contributed by atoms with Gasteiger partial charge in [-0.05, 0) is 80.8 Å². The molecule has 0 spiro atoms. The number of aromatic nitrogens is 4. The molecule has 0 aliphatic carbocycles. The van der Waals surface area contributed by atoms with E-state index >= 15 is 0 Å². The highest BCUT2D eigenvalue weighted by molar-refractivity contribution is 7.44. The van der Waals surface area contributed by atoms with Crippen molar-refractivity contribution < 1.29 is 37.5 Å².